The zero-order valence-corrected chi connectivity index (χ0v) is 24.5. The highest BCUT2D eigenvalue weighted by molar-refractivity contribution is 7.82. The molecule has 38 heavy (non-hydrogen) atoms. The molecule has 1 saturated carbocycles. The molecule has 0 unspecified atom stereocenters. The van der Waals surface area contributed by atoms with Crippen molar-refractivity contribution >= 4 is 76.0 Å². The van der Waals surface area contributed by atoms with Crippen molar-refractivity contribution in [3.05, 3.63) is 39.1 Å². The van der Waals surface area contributed by atoms with Crippen molar-refractivity contribution in [3.8, 4) is 0 Å². The molecular weight excluding hydrogens is 569 g/mol. The lowest BCUT2D eigenvalue weighted by Crippen LogP contribution is -2.56. The molecule has 3 N–H and O–H groups in total. The Labute approximate surface area is 242 Å². The van der Waals surface area contributed by atoms with Gasteiger partial charge in [0.15, 0.2) is 10.00 Å². The van der Waals surface area contributed by atoms with Crippen LogP contribution in [0.25, 0.3) is 0 Å². The van der Waals surface area contributed by atoms with Gasteiger partial charge < -0.3 is 25.8 Å². The van der Waals surface area contributed by atoms with E-state index in [0.717, 1.165) is 30.1 Å². The predicted octanol–water partition coefficient (Wildman–Crippen LogP) is 2.51. The van der Waals surface area contributed by atoms with Gasteiger partial charge in [-0.25, -0.2) is 9.97 Å². The number of aromatic nitrogens is 2. The monoisotopic (exact) mass is 599 g/mol. The van der Waals surface area contributed by atoms with Gasteiger partial charge in [0, 0.05) is 50.4 Å². The minimum atomic E-state index is -0.493. The Balaban J connectivity index is 0.00000400. The van der Waals surface area contributed by atoms with Gasteiger partial charge in [0.1, 0.15) is 5.15 Å². The zero-order valence-electron chi connectivity index (χ0n) is 21.3. The molecule has 14 heteroatoms. The number of pyridine rings is 1. The van der Waals surface area contributed by atoms with Gasteiger partial charge in [-0.05, 0) is 38.4 Å². The summed E-state index contributed by atoms with van der Waals surface area (Å²) in [4.78, 5) is 52.0. The van der Waals surface area contributed by atoms with Crippen molar-refractivity contribution in [1.82, 2.24) is 30.4 Å². The normalized spacial score (nSPS) is 20.9. The molecule has 0 aromatic carbocycles. The molecule has 3 heterocycles. The number of likely N-dealkylation sites (N-methyl/N-ethyl adjacent to an activating group) is 1. The first-order chi connectivity index (χ1) is 17.6. The number of nitrogens with zero attached hydrogens (tertiary/aromatic N) is 4. The molecule has 10 nitrogen and oxygen atoms in total. The Kier molecular flexibility index (Phi) is 10.4. The van der Waals surface area contributed by atoms with Crippen molar-refractivity contribution < 1.29 is 14.4 Å². The van der Waals surface area contributed by atoms with Crippen LogP contribution in [0.15, 0.2) is 18.3 Å². The number of halogens is 2. The highest BCUT2D eigenvalue weighted by atomic mass is 35.5. The lowest BCUT2D eigenvalue weighted by molar-refractivity contribution is -0.134. The van der Waals surface area contributed by atoms with E-state index in [0.29, 0.717) is 35.1 Å². The maximum absolute atomic E-state index is 13.2. The van der Waals surface area contributed by atoms with Crippen LogP contribution < -0.4 is 16.0 Å². The van der Waals surface area contributed by atoms with Crippen molar-refractivity contribution in [2.75, 3.05) is 33.0 Å². The number of anilines is 1. The zero-order chi connectivity index (χ0) is 26.7. The molecule has 1 aliphatic carbocycles. The number of amides is 3. The van der Waals surface area contributed by atoms with E-state index in [9.17, 15) is 14.4 Å². The Morgan fingerprint density at radius 3 is 2.63 bits per heavy atom. The summed E-state index contributed by atoms with van der Waals surface area (Å²) in [6.45, 7) is 1.69. The van der Waals surface area contributed by atoms with Crippen LogP contribution in [0, 0.1) is 5.92 Å². The number of carbonyl (C=O) groups is 3. The van der Waals surface area contributed by atoms with Crippen LogP contribution in [0.4, 0.5) is 5.69 Å². The van der Waals surface area contributed by atoms with E-state index >= 15 is 0 Å². The summed E-state index contributed by atoms with van der Waals surface area (Å²) in [5, 5.41) is 9.60. The van der Waals surface area contributed by atoms with Crippen LogP contribution in [0.2, 0.25) is 5.15 Å². The Bertz CT molecular complexity index is 1190. The highest BCUT2D eigenvalue weighted by Gasteiger charge is 2.37. The number of thiazole rings is 1. The van der Waals surface area contributed by atoms with Gasteiger partial charge in [-0.15, -0.1) is 23.7 Å². The fourth-order valence-electron chi connectivity index (χ4n) is 4.61. The molecule has 0 radical (unpaired) electrons. The van der Waals surface area contributed by atoms with E-state index in [2.05, 4.69) is 30.8 Å². The number of thiocarbonyl (C=S) groups is 1. The van der Waals surface area contributed by atoms with E-state index in [1.165, 1.54) is 17.5 Å². The van der Waals surface area contributed by atoms with Crippen molar-refractivity contribution in [2.45, 2.75) is 44.3 Å². The summed E-state index contributed by atoms with van der Waals surface area (Å²) in [5.74, 6) is -0.994. The second-order valence-electron chi connectivity index (χ2n) is 9.60. The van der Waals surface area contributed by atoms with Crippen molar-refractivity contribution in [1.29, 1.82) is 0 Å². The number of carbonyl (C=O) groups excluding carboxylic acids is 3. The number of hydrogen-bond donors (Lipinski definition) is 3. The number of fused-ring (bicyclic) bond motifs is 1. The average molecular weight is 601 g/mol. The topological polar surface area (TPSA) is 120 Å². The molecule has 1 fully saturated rings. The molecular formula is C24H31Cl2N7O3S2. The molecule has 2 aromatic heterocycles. The van der Waals surface area contributed by atoms with Gasteiger partial charge >= 0.3 is 0 Å². The molecule has 3 atom stereocenters. The third-order valence-electron chi connectivity index (χ3n) is 6.58. The van der Waals surface area contributed by atoms with Gasteiger partial charge in [-0.2, -0.15) is 0 Å². The quantitative estimate of drug-likeness (QED) is 0.354. The van der Waals surface area contributed by atoms with Crippen LogP contribution >= 0.6 is 47.6 Å². The lowest BCUT2D eigenvalue weighted by atomic mass is 9.81. The second-order valence-corrected chi connectivity index (χ2v) is 11.5. The number of hydrogen-bond acceptors (Lipinski definition) is 8. The summed E-state index contributed by atoms with van der Waals surface area (Å²) in [6, 6.07) is 2.46. The lowest BCUT2D eigenvalue weighted by Gasteiger charge is -2.37. The summed E-state index contributed by atoms with van der Waals surface area (Å²) < 4.78 is 0. The van der Waals surface area contributed by atoms with Crippen LogP contribution in [0.5, 0.6) is 0 Å². The van der Waals surface area contributed by atoms with Gasteiger partial charge in [-0.3, -0.25) is 14.4 Å². The third kappa shape index (κ3) is 7.38. The first kappa shape index (κ1) is 30.2. The van der Waals surface area contributed by atoms with Crippen molar-refractivity contribution in [2.24, 2.45) is 5.92 Å². The Morgan fingerprint density at radius 1 is 1.18 bits per heavy atom. The SMILES string of the molecule is CN1CCc2nc(C(=O)N[C@@H]3C[C@@H](C(=O)N(C)C)CC[C@@H]3NC(=S)C(=O)Nc3ccc(Cl)nc3)sc2C1.Cl. The minimum Gasteiger partial charge on any atom is -0.367 e. The average Bonchev–Trinajstić information content (AvgIpc) is 3.29. The fraction of sp³-hybridized carbons (Fsp3) is 0.500. The number of nitrogens with one attached hydrogen (secondary N) is 3. The van der Waals surface area contributed by atoms with E-state index in [1.807, 2.05) is 7.05 Å². The van der Waals surface area contributed by atoms with Gasteiger partial charge in [-0.1, -0.05) is 23.8 Å². The van der Waals surface area contributed by atoms with Gasteiger partial charge in [0.25, 0.3) is 11.8 Å². The fourth-order valence-corrected chi connectivity index (χ4v) is 6.02. The smallest absolute Gasteiger partial charge is 0.283 e. The van der Waals surface area contributed by atoms with Crippen LogP contribution in [-0.2, 0) is 22.6 Å². The molecule has 2 aliphatic rings. The molecule has 3 amide bonds. The van der Waals surface area contributed by atoms with Crippen molar-refractivity contribution in [3.63, 3.8) is 0 Å². The van der Waals surface area contributed by atoms with Crippen LogP contribution in [-0.4, -0.2) is 82.2 Å². The Hall–Kier alpha value is -2.38. The summed E-state index contributed by atoms with van der Waals surface area (Å²) >= 11 is 12.6. The molecule has 1 aliphatic heterocycles. The first-order valence-electron chi connectivity index (χ1n) is 12.0. The van der Waals surface area contributed by atoms with E-state index in [4.69, 9.17) is 23.8 Å². The Morgan fingerprint density at radius 2 is 1.95 bits per heavy atom. The molecule has 0 saturated heterocycles. The molecule has 0 bridgehead atoms. The largest absolute Gasteiger partial charge is 0.367 e. The summed E-state index contributed by atoms with van der Waals surface area (Å²) in [6.07, 6.45) is 3.86. The standard InChI is InChI=1S/C24H30ClN7O3S2.ClH/c1-31(2)24(35)13-4-6-15(29-22(36)20(33)27-14-5-7-19(25)26-11-14)17(10-13)28-21(34)23-30-16-8-9-32(3)12-18(16)37-23;/h5,7,11,13,15,17H,4,6,8-10,12H2,1-3H3,(H,27,33)(H,28,34)(H,29,36);1H/t13-,15-,17+;/m0./s1. The summed E-state index contributed by atoms with van der Waals surface area (Å²) in [7, 11) is 5.50. The van der Waals surface area contributed by atoms with Crippen LogP contribution in [0.1, 0.15) is 39.6 Å². The summed E-state index contributed by atoms with van der Waals surface area (Å²) in [5.41, 5.74) is 1.43. The van der Waals surface area contributed by atoms with E-state index in [-0.39, 0.29) is 41.2 Å². The predicted molar refractivity (Wildman–Crippen MR) is 154 cm³/mol. The highest BCUT2D eigenvalue weighted by Crippen LogP contribution is 2.28. The number of rotatable bonds is 5. The second kappa shape index (κ2) is 13.1. The molecule has 4 rings (SSSR count). The maximum atomic E-state index is 13.2. The molecule has 206 valence electrons. The molecule has 2 aromatic rings. The minimum absolute atomic E-state index is 0. The van der Waals surface area contributed by atoms with Crippen LogP contribution in [0.3, 0.4) is 0 Å². The van der Waals surface area contributed by atoms with Gasteiger partial charge in [0.2, 0.25) is 5.91 Å². The maximum Gasteiger partial charge on any atom is 0.283 e. The van der Waals surface area contributed by atoms with Gasteiger partial charge in [0.05, 0.1) is 23.6 Å². The van der Waals surface area contributed by atoms with E-state index in [1.54, 1.807) is 31.1 Å². The molecule has 0 spiro atoms. The first-order valence-corrected chi connectivity index (χ1v) is 13.6. The third-order valence-corrected chi connectivity index (χ3v) is 8.19. The van der Waals surface area contributed by atoms with E-state index < -0.39 is 11.9 Å².